The van der Waals surface area contributed by atoms with Crippen molar-refractivity contribution < 1.29 is 9.53 Å². The Bertz CT molecular complexity index is 863. The third kappa shape index (κ3) is 5.27. The lowest BCUT2D eigenvalue weighted by molar-refractivity contribution is 0.0941. The first-order valence-corrected chi connectivity index (χ1v) is 9.71. The summed E-state index contributed by atoms with van der Waals surface area (Å²) in [6.07, 6.45) is 8.17. The van der Waals surface area contributed by atoms with Gasteiger partial charge in [0.15, 0.2) is 0 Å². The molecule has 3 aromatic rings. The van der Waals surface area contributed by atoms with Crippen molar-refractivity contribution in [3.05, 3.63) is 66.6 Å². The first-order valence-electron chi connectivity index (χ1n) is 9.71. The zero-order valence-electron chi connectivity index (χ0n) is 16.2. The number of benzene rings is 1. The Hall–Kier alpha value is -2.99. The second-order valence-electron chi connectivity index (χ2n) is 6.49. The zero-order valence-corrected chi connectivity index (χ0v) is 16.2. The minimum Gasteiger partial charge on any atom is -0.381 e. The number of aromatic nitrogens is 3. The van der Waals surface area contributed by atoms with E-state index in [0.717, 1.165) is 37.1 Å². The maximum absolute atomic E-state index is 12.8. The highest BCUT2D eigenvalue weighted by Crippen LogP contribution is 2.23. The van der Waals surface area contributed by atoms with Gasteiger partial charge in [0.1, 0.15) is 5.69 Å². The number of rotatable bonds is 10. The molecule has 0 aliphatic rings. The molecule has 0 saturated carbocycles. The molecule has 6 heteroatoms. The molecule has 0 aliphatic heterocycles. The van der Waals surface area contributed by atoms with Crippen molar-refractivity contribution in [2.45, 2.75) is 26.2 Å². The summed E-state index contributed by atoms with van der Waals surface area (Å²) in [6, 6.07) is 13.5. The second-order valence-corrected chi connectivity index (χ2v) is 6.49. The first-order chi connectivity index (χ1) is 13.8. The molecule has 2 heterocycles. The van der Waals surface area contributed by atoms with Crippen molar-refractivity contribution in [1.29, 1.82) is 0 Å². The molecule has 3 rings (SSSR count). The van der Waals surface area contributed by atoms with Crippen LogP contribution in [0.1, 0.15) is 36.5 Å². The van der Waals surface area contributed by atoms with Crippen LogP contribution in [0.4, 0.5) is 0 Å². The number of hydrogen-bond donors (Lipinski definition) is 1. The van der Waals surface area contributed by atoms with Gasteiger partial charge in [0.2, 0.25) is 0 Å². The van der Waals surface area contributed by atoms with Gasteiger partial charge in [0.05, 0.1) is 11.3 Å². The Kier molecular flexibility index (Phi) is 7.32. The van der Waals surface area contributed by atoms with Crippen LogP contribution in [0.3, 0.4) is 0 Å². The van der Waals surface area contributed by atoms with E-state index in [1.165, 1.54) is 0 Å². The fourth-order valence-corrected chi connectivity index (χ4v) is 2.79. The monoisotopic (exact) mass is 378 g/mol. The summed E-state index contributed by atoms with van der Waals surface area (Å²) in [7, 11) is 0. The van der Waals surface area contributed by atoms with Crippen LogP contribution >= 0.6 is 0 Å². The normalized spacial score (nSPS) is 10.8. The quantitative estimate of drug-likeness (QED) is 0.544. The lowest BCUT2D eigenvalue weighted by Crippen LogP contribution is -2.25. The molecule has 28 heavy (non-hydrogen) atoms. The summed E-state index contributed by atoms with van der Waals surface area (Å²) in [5.41, 5.74) is 2.86. The van der Waals surface area contributed by atoms with Crippen LogP contribution in [0.5, 0.6) is 0 Å². The molecule has 1 aromatic carbocycles. The topological polar surface area (TPSA) is 69.0 Å². The van der Waals surface area contributed by atoms with E-state index in [9.17, 15) is 4.79 Å². The highest BCUT2D eigenvalue weighted by Gasteiger charge is 2.18. The van der Waals surface area contributed by atoms with E-state index in [4.69, 9.17) is 4.74 Å². The number of hydrogen-bond acceptors (Lipinski definition) is 4. The average Bonchev–Trinajstić information content (AvgIpc) is 3.20. The molecule has 0 radical (unpaired) electrons. The predicted molar refractivity (Wildman–Crippen MR) is 109 cm³/mol. The Morgan fingerprint density at radius 3 is 2.68 bits per heavy atom. The highest BCUT2D eigenvalue weighted by atomic mass is 16.5. The van der Waals surface area contributed by atoms with E-state index in [-0.39, 0.29) is 5.91 Å². The van der Waals surface area contributed by atoms with E-state index in [0.29, 0.717) is 24.4 Å². The van der Waals surface area contributed by atoms with E-state index in [1.807, 2.05) is 42.5 Å². The molecule has 0 spiro atoms. The minimum absolute atomic E-state index is 0.144. The van der Waals surface area contributed by atoms with Gasteiger partial charge < -0.3 is 10.1 Å². The molecule has 1 N–H and O–H groups in total. The van der Waals surface area contributed by atoms with Gasteiger partial charge in [-0.25, -0.2) is 4.68 Å². The summed E-state index contributed by atoms with van der Waals surface area (Å²) in [5, 5.41) is 7.61. The van der Waals surface area contributed by atoms with Gasteiger partial charge in [0, 0.05) is 43.9 Å². The van der Waals surface area contributed by atoms with Crippen molar-refractivity contribution in [2.75, 3.05) is 19.8 Å². The zero-order chi connectivity index (χ0) is 19.6. The standard InChI is InChI=1S/C22H26N4O2/c1-2-3-14-28-15-8-13-24-22(27)20-17-26(19-10-5-4-6-11-19)25-21(20)18-9-7-12-23-16-18/h4-7,9-12,16-17H,2-3,8,13-15H2,1H3,(H,24,27). The number of para-hydroxylation sites is 1. The fraction of sp³-hybridized carbons (Fsp3) is 0.318. The number of amides is 1. The van der Waals surface area contributed by atoms with Crippen LogP contribution in [0, 0.1) is 0 Å². The predicted octanol–water partition coefficient (Wildman–Crippen LogP) is 3.87. The summed E-state index contributed by atoms with van der Waals surface area (Å²) < 4.78 is 7.27. The Balaban J connectivity index is 1.71. The van der Waals surface area contributed by atoms with E-state index in [2.05, 4.69) is 22.3 Å². The number of nitrogens with one attached hydrogen (secondary N) is 1. The number of carbonyl (C=O) groups excluding carboxylic acids is 1. The maximum atomic E-state index is 12.8. The SMILES string of the molecule is CCCCOCCCNC(=O)c1cn(-c2ccccc2)nc1-c1cccnc1. The number of ether oxygens (including phenoxy) is 1. The van der Waals surface area contributed by atoms with Crippen molar-refractivity contribution in [1.82, 2.24) is 20.1 Å². The molecule has 0 saturated heterocycles. The van der Waals surface area contributed by atoms with Gasteiger partial charge in [-0.05, 0) is 37.1 Å². The van der Waals surface area contributed by atoms with Gasteiger partial charge in [-0.15, -0.1) is 0 Å². The molecular weight excluding hydrogens is 352 g/mol. The minimum atomic E-state index is -0.144. The molecule has 0 bridgehead atoms. The second kappa shape index (κ2) is 10.4. The number of carbonyl (C=O) groups is 1. The van der Waals surface area contributed by atoms with Crippen LogP contribution < -0.4 is 5.32 Å². The highest BCUT2D eigenvalue weighted by molar-refractivity contribution is 5.99. The van der Waals surface area contributed by atoms with Gasteiger partial charge in [-0.3, -0.25) is 9.78 Å². The largest absolute Gasteiger partial charge is 0.381 e. The fourth-order valence-electron chi connectivity index (χ4n) is 2.79. The molecular formula is C22H26N4O2. The molecule has 1 amide bonds. The summed E-state index contributed by atoms with van der Waals surface area (Å²) in [4.78, 5) is 16.9. The summed E-state index contributed by atoms with van der Waals surface area (Å²) in [6.45, 7) is 4.13. The van der Waals surface area contributed by atoms with E-state index < -0.39 is 0 Å². The van der Waals surface area contributed by atoms with Gasteiger partial charge in [-0.1, -0.05) is 31.5 Å². The number of unbranched alkanes of at least 4 members (excludes halogenated alkanes) is 1. The van der Waals surface area contributed by atoms with Gasteiger partial charge >= 0.3 is 0 Å². The lowest BCUT2D eigenvalue weighted by Gasteiger charge is -2.06. The smallest absolute Gasteiger partial charge is 0.255 e. The summed E-state index contributed by atoms with van der Waals surface area (Å²) >= 11 is 0. The van der Waals surface area contributed by atoms with E-state index in [1.54, 1.807) is 23.3 Å². The van der Waals surface area contributed by atoms with Crippen molar-refractivity contribution in [2.24, 2.45) is 0 Å². The van der Waals surface area contributed by atoms with Gasteiger partial charge in [0.25, 0.3) is 5.91 Å². The molecule has 146 valence electrons. The Morgan fingerprint density at radius 2 is 1.93 bits per heavy atom. The molecule has 0 unspecified atom stereocenters. The van der Waals surface area contributed by atoms with E-state index >= 15 is 0 Å². The van der Waals surface area contributed by atoms with Crippen LogP contribution in [0.15, 0.2) is 61.1 Å². The number of nitrogens with zero attached hydrogens (tertiary/aromatic N) is 3. The van der Waals surface area contributed by atoms with Crippen LogP contribution in [0.2, 0.25) is 0 Å². The molecule has 0 atom stereocenters. The lowest BCUT2D eigenvalue weighted by atomic mass is 10.1. The third-order valence-electron chi connectivity index (χ3n) is 4.31. The first kappa shape index (κ1) is 19.8. The molecule has 0 aliphatic carbocycles. The van der Waals surface area contributed by atoms with Crippen LogP contribution in [0.25, 0.3) is 16.9 Å². The maximum Gasteiger partial charge on any atom is 0.255 e. The molecule has 0 fully saturated rings. The average molecular weight is 378 g/mol. The summed E-state index contributed by atoms with van der Waals surface area (Å²) in [5.74, 6) is -0.144. The van der Waals surface area contributed by atoms with Crippen molar-refractivity contribution in [3.63, 3.8) is 0 Å². The Labute approximate surface area is 165 Å². The Morgan fingerprint density at radius 1 is 1.11 bits per heavy atom. The van der Waals surface area contributed by atoms with Crippen molar-refractivity contribution in [3.8, 4) is 16.9 Å². The molecule has 2 aromatic heterocycles. The van der Waals surface area contributed by atoms with Gasteiger partial charge in [-0.2, -0.15) is 5.10 Å². The van der Waals surface area contributed by atoms with Crippen LogP contribution in [-0.4, -0.2) is 40.4 Å². The van der Waals surface area contributed by atoms with Crippen LogP contribution in [-0.2, 0) is 4.74 Å². The molecule has 6 nitrogen and oxygen atoms in total. The third-order valence-corrected chi connectivity index (χ3v) is 4.31. The van der Waals surface area contributed by atoms with Crippen molar-refractivity contribution >= 4 is 5.91 Å². The number of pyridine rings is 1.